The number of carbonyl (C=O) groups excluding carboxylic acids is 1. The number of ether oxygens (including phenoxy) is 1. The smallest absolute Gasteiger partial charge is 0.318 e. The third-order valence-electron chi connectivity index (χ3n) is 9.67. The maximum Gasteiger partial charge on any atom is 0.318 e. The molecule has 1 aliphatic carbocycles. The highest BCUT2D eigenvalue weighted by Crippen LogP contribution is 2.37. The second kappa shape index (κ2) is 12.7. The molecule has 1 aromatic carbocycles. The first-order valence-corrected chi connectivity index (χ1v) is 15.8. The molecule has 0 spiro atoms. The van der Waals surface area contributed by atoms with Gasteiger partial charge in [-0.15, -0.1) is 0 Å². The standard InChI is InChI=1S/C33H43N7O2/c1-3-31(41)40-20-19-38(22-26(40)15-16-34)32-28-14-13-25(39-18-7-10-24-9-5-6-12-30(24)39)21-29(28)35-33(36-32)42-23-27-11-8-17-37(27)4-2/h3,5-6,9,12,25-27H,1,4,7-8,10-11,13-15,17-23H2,2H3/t25?,26-,27-/m0/s1. The van der Waals surface area contributed by atoms with Crippen molar-refractivity contribution in [3.63, 3.8) is 0 Å². The summed E-state index contributed by atoms with van der Waals surface area (Å²) >= 11 is 0. The lowest BCUT2D eigenvalue weighted by atomic mass is 9.88. The van der Waals surface area contributed by atoms with Crippen LogP contribution in [0.15, 0.2) is 36.9 Å². The van der Waals surface area contributed by atoms with Crippen LogP contribution in [-0.2, 0) is 24.1 Å². The van der Waals surface area contributed by atoms with Gasteiger partial charge in [-0.1, -0.05) is 31.7 Å². The quantitative estimate of drug-likeness (QED) is 0.444. The van der Waals surface area contributed by atoms with E-state index in [1.165, 1.54) is 35.7 Å². The molecule has 9 heteroatoms. The Morgan fingerprint density at radius 3 is 2.83 bits per heavy atom. The van der Waals surface area contributed by atoms with Crippen molar-refractivity contribution in [3.8, 4) is 12.1 Å². The molecule has 9 nitrogen and oxygen atoms in total. The van der Waals surface area contributed by atoms with Crippen molar-refractivity contribution in [2.75, 3.05) is 55.7 Å². The summed E-state index contributed by atoms with van der Waals surface area (Å²) in [4.78, 5) is 31.8. The highest BCUT2D eigenvalue weighted by molar-refractivity contribution is 5.87. The number of likely N-dealkylation sites (tertiary alicyclic amines) is 1. The molecule has 0 saturated carbocycles. The predicted octanol–water partition coefficient (Wildman–Crippen LogP) is 3.77. The number of fused-ring (bicyclic) bond motifs is 2. The number of piperazine rings is 1. The second-order valence-electron chi connectivity index (χ2n) is 12.0. The second-order valence-corrected chi connectivity index (χ2v) is 12.0. The summed E-state index contributed by atoms with van der Waals surface area (Å²) in [6, 6.07) is 12.1. The molecule has 3 atom stereocenters. The van der Waals surface area contributed by atoms with E-state index in [1.54, 1.807) is 4.90 Å². The van der Waals surface area contributed by atoms with E-state index >= 15 is 0 Å². The molecule has 0 radical (unpaired) electrons. The van der Waals surface area contributed by atoms with Gasteiger partial charge in [-0.2, -0.15) is 15.2 Å². The number of nitriles is 1. The van der Waals surface area contributed by atoms with Crippen LogP contribution >= 0.6 is 0 Å². The number of rotatable bonds is 8. The fraction of sp³-hybridized carbons (Fsp3) is 0.576. The molecular formula is C33H43N7O2. The number of benzene rings is 1. The highest BCUT2D eigenvalue weighted by atomic mass is 16.5. The molecule has 6 rings (SSSR count). The van der Waals surface area contributed by atoms with Crippen LogP contribution in [0.1, 0.15) is 55.8 Å². The topological polar surface area (TPSA) is 88.8 Å². The summed E-state index contributed by atoms with van der Waals surface area (Å²) in [7, 11) is 0. The molecular weight excluding hydrogens is 526 g/mol. The molecule has 222 valence electrons. The Kier molecular flexibility index (Phi) is 8.61. The molecule has 2 saturated heterocycles. The number of para-hydroxylation sites is 1. The first-order chi connectivity index (χ1) is 20.6. The fourth-order valence-corrected chi connectivity index (χ4v) is 7.50. The van der Waals surface area contributed by atoms with Crippen LogP contribution < -0.4 is 14.5 Å². The molecule has 0 bridgehead atoms. The van der Waals surface area contributed by atoms with Crippen LogP contribution in [0.25, 0.3) is 0 Å². The van der Waals surface area contributed by atoms with Crippen molar-refractivity contribution < 1.29 is 9.53 Å². The predicted molar refractivity (Wildman–Crippen MR) is 164 cm³/mol. The molecule has 1 aromatic heterocycles. The van der Waals surface area contributed by atoms with E-state index in [4.69, 9.17) is 14.7 Å². The van der Waals surface area contributed by atoms with Crippen LogP contribution in [-0.4, -0.2) is 89.7 Å². The van der Waals surface area contributed by atoms with Crippen molar-refractivity contribution in [1.29, 1.82) is 5.26 Å². The van der Waals surface area contributed by atoms with E-state index in [9.17, 15) is 10.1 Å². The summed E-state index contributed by atoms with van der Waals surface area (Å²) in [6.45, 7) is 11.4. The van der Waals surface area contributed by atoms with Gasteiger partial charge in [0.15, 0.2) is 0 Å². The lowest BCUT2D eigenvalue weighted by Crippen LogP contribution is -2.55. The largest absolute Gasteiger partial charge is 0.462 e. The Hall–Kier alpha value is -3.64. The van der Waals surface area contributed by atoms with Crippen molar-refractivity contribution in [1.82, 2.24) is 19.8 Å². The van der Waals surface area contributed by atoms with Gasteiger partial charge >= 0.3 is 6.01 Å². The van der Waals surface area contributed by atoms with Crippen LogP contribution in [0, 0.1) is 11.3 Å². The molecule has 0 N–H and O–H groups in total. The summed E-state index contributed by atoms with van der Waals surface area (Å²) in [5.74, 6) is 0.797. The Balaban J connectivity index is 1.29. The van der Waals surface area contributed by atoms with E-state index in [0.29, 0.717) is 44.3 Å². The van der Waals surface area contributed by atoms with Gasteiger partial charge in [-0.25, -0.2) is 0 Å². The van der Waals surface area contributed by atoms with Gasteiger partial charge in [0.05, 0.1) is 24.2 Å². The molecule has 1 amide bonds. The maximum absolute atomic E-state index is 12.5. The Morgan fingerprint density at radius 1 is 1.12 bits per heavy atom. The lowest BCUT2D eigenvalue weighted by molar-refractivity contribution is -0.128. The van der Waals surface area contributed by atoms with Gasteiger partial charge in [0.1, 0.15) is 12.4 Å². The van der Waals surface area contributed by atoms with E-state index in [-0.39, 0.29) is 18.4 Å². The first-order valence-electron chi connectivity index (χ1n) is 15.8. The minimum atomic E-state index is -0.206. The number of anilines is 2. The van der Waals surface area contributed by atoms with Crippen molar-refractivity contribution >= 4 is 17.4 Å². The maximum atomic E-state index is 12.5. The van der Waals surface area contributed by atoms with Crippen LogP contribution in [0.2, 0.25) is 0 Å². The zero-order valence-corrected chi connectivity index (χ0v) is 24.9. The highest BCUT2D eigenvalue weighted by Gasteiger charge is 2.35. The number of carbonyl (C=O) groups is 1. The SMILES string of the molecule is C=CC(=O)N1CCN(c2nc(OC[C@@H]3CCCN3CC)nc3c2CCC(N2CCCc4ccccc42)C3)C[C@@H]1CC#N. The van der Waals surface area contributed by atoms with E-state index in [2.05, 4.69) is 58.5 Å². The molecule has 2 aromatic rings. The normalized spacial score (nSPS) is 24.1. The number of likely N-dealkylation sites (N-methyl/N-ethyl adjacent to an activating group) is 1. The molecule has 4 heterocycles. The number of hydrogen-bond acceptors (Lipinski definition) is 8. The van der Waals surface area contributed by atoms with Gasteiger partial charge in [0, 0.05) is 55.9 Å². The number of amides is 1. The van der Waals surface area contributed by atoms with Gasteiger partial charge < -0.3 is 19.4 Å². The van der Waals surface area contributed by atoms with Crippen LogP contribution in [0.5, 0.6) is 6.01 Å². The van der Waals surface area contributed by atoms with Gasteiger partial charge in [-0.05, 0) is 69.3 Å². The zero-order valence-electron chi connectivity index (χ0n) is 24.9. The average Bonchev–Trinajstić information content (AvgIpc) is 3.50. The number of aromatic nitrogens is 2. The summed E-state index contributed by atoms with van der Waals surface area (Å²) in [5, 5.41) is 9.54. The Labute approximate surface area is 249 Å². The molecule has 42 heavy (non-hydrogen) atoms. The van der Waals surface area contributed by atoms with E-state index in [1.807, 2.05) is 0 Å². The molecule has 4 aliphatic rings. The third-order valence-corrected chi connectivity index (χ3v) is 9.67. The summed E-state index contributed by atoms with van der Waals surface area (Å²) in [5.41, 5.74) is 5.08. The molecule has 3 aliphatic heterocycles. The van der Waals surface area contributed by atoms with Crippen LogP contribution in [0.3, 0.4) is 0 Å². The summed E-state index contributed by atoms with van der Waals surface area (Å²) in [6.07, 6.45) is 9.07. The average molecular weight is 570 g/mol. The minimum absolute atomic E-state index is 0.120. The fourth-order valence-electron chi connectivity index (χ4n) is 7.50. The number of nitrogens with zero attached hydrogens (tertiary/aromatic N) is 7. The van der Waals surface area contributed by atoms with Crippen molar-refractivity contribution in [2.45, 2.75) is 76.4 Å². The van der Waals surface area contributed by atoms with Gasteiger partial charge in [0.25, 0.3) is 0 Å². The van der Waals surface area contributed by atoms with Crippen molar-refractivity contribution in [3.05, 3.63) is 53.7 Å². The Bertz CT molecular complexity index is 1340. The molecule has 1 unspecified atom stereocenters. The first kappa shape index (κ1) is 28.5. The lowest BCUT2D eigenvalue weighted by Gasteiger charge is -2.43. The van der Waals surface area contributed by atoms with Gasteiger partial charge in [-0.3, -0.25) is 9.69 Å². The zero-order chi connectivity index (χ0) is 29.1. The number of hydrogen-bond donors (Lipinski definition) is 0. The Morgan fingerprint density at radius 2 is 2.00 bits per heavy atom. The monoisotopic (exact) mass is 569 g/mol. The van der Waals surface area contributed by atoms with E-state index in [0.717, 1.165) is 63.3 Å². The molecule has 2 fully saturated rings. The third kappa shape index (κ3) is 5.69. The van der Waals surface area contributed by atoms with Gasteiger partial charge in [0.2, 0.25) is 5.91 Å². The minimum Gasteiger partial charge on any atom is -0.462 e. The summed E-state index contributed by atoms with van der Waals surface area (Å²) < 4.78 is 6.37. The number of aryl methyl sites for hydroxylation is 1. The van der Waals surface area contributed by atoms with Crippen LogP contribution in [0.4, 0.5) is 11.5 Å². The van der Waals surface area contributed by atoms with Crippen molar-refractivity contribution in [2.24, 2.45) is 0 Å². The van der Waals surface area contributed by atoms with E-state index < -0.39 is 0 Å².